The van der Waals surface area contributed by atoms with Crippen molar-refractivity contribution in [2.75, 3.05) is 13.2 Å². The van der Waals surface area contributed by atoms with E-state index < -0.39 is 18.1 Å². The van der Waals surface area contributed by atoms with E-state index in [1.807, 2.05) is 246 Å². The highest BCUT2D eigenvalue weighted by Crippen LogP contribution is 2.46. The first-order valence-electron chi connectivity index (χ1n) is 45.2. The van der Waals surface area contributed by atoms with Gasteiger partial charge in [0.1, 0.15) is 23.0 Å². The van der Waals surface area contributed by atoms with Crippen LogP contribution in [0.15, 0.2) is 393 Å². The van der Waals surface area contributed by atoms with Crippen molar-refractivity contribution in [1.29, 1.82) is 0 Å². The Morgan fingerprint density at radius 2 is 0.648 bits per heavy atom. The summed E-state index contributed by atoms with van der Waals surface area (Å²) in [4.78, 5) is 78.0. The lowest BCUT2D eigenvalue weighted by molar-refractivity contribution is -0.139. The Morgan fingerprint density at radius 1 is 0.373 bits per heavy atom. The maximum absolute atomic E-state index is 12.6. The van der Waals surface area contributed by atoms with Crippen molar-refractivity contribution in [2.24, 2.45) is 0 Å². The maximum Gasteiger partial charge on any atom is 0.407 e. The topological polar surface area (TPSA) is 241 Å². The zero-order valence-corrected chi connectivity index (χ0v) is 88.5. The van der Waals surface area contributed by atoms with Gasteiger partial charge in [0.05, 0.1) is 40.8 Å². The van der Waals surface area contributed by atoms with Crippen LogP contribution in [0, 0.1) is 45.2 Å². The van der Waals surface area contributed by atoms with E-state index in [0.29, 0.717) is 24.2 Å². The number of rotatable bonds is 20. The number of nitrogens with zero attached hydrogens (tertiary/aromatic N) is 7. The zero-order valence-electron chi connectivity index (χ0n) is 79.1. The number of aliphatic hydroxyl groups is 1. The summed E-state index contributed by atoms with van der Waals surface area (Å²) in [5.41, 5.74) is 33.5. The molecular weight excluding hydrogens is 2170 g/mol. The highest BCUT2D eigenvalue weighted by Gasteiger charge is 2.32. The van der Waals surface area contributed by atoms with E-state index in [-0.39, 0.29) is 80.4 Å². The average Bonchev–Trinajstić information content (AvgIpc) is 1.62. The molecular formula is C119H113Br4ClIN9O8. The van der Waals surface area contributed by atoms with Gasteiger partial charge in [-0.15, -0.1) is 42.5 Å². The minimum Gasteiger partial charge on any atom is -0.480 e. The molecule has 0 bridgehead atoms. The van der Waals surface area contributed by atoms with Crippen molar-refractivity contribution in [3.8, 4) is 89.8 Å². The van der Waals surface area contributed by atoms with Crippen LogP contribution in [0.25, 0.3) is 89.8 Å². The van der Waals surface area contributed by atoms with E-state index in [4.69, 9.17) is 14.6 Å². The Hall–Kier alpha value is -13.4. The number of halogens is 6. The van der Waals surface area contributed by atoms with Crippen molar-refractivity contribution < 1.29 is 38.9 Å². The van der Waals surface area contributed by atoms with Crippen molar-refractivity contribution in [3.63, 3.8) is 0 Å². The predicted octanol–water partition coefficient (Wildman–Crippen LogP) is 30.2. The van der Waals surface area contributed by atoms with Crippen LogP contribution in [0.2, 0.25) is 0 Å². The van der Waals surface area contributed by atoms with E-state index in [0.717, 1.165) is 120 Å². The minimum absolute atomic E-state index is 0. The van der Waals surface area contributed by atoms with E-state index in [2.05, 4.69) is 272 Å². The molecule has 0 saturated heterocycles. The van der Waals surface area contributed by atoms with Gasteiger partial charge in [0.2, 0.25) is 0 Å². The SMILES string of the molecule is Br.Brc1ccc(I)nc1.C.C=C.Cc1ccccc1-c1ccc(Br)cn1.Cc1ccccc1-c1ccc(C=O)cn1.Cc1ccccc1-c1ccc(CBr)cn1.Cc1ccccc1-c1ccc(CO)cn1.Cc1ccccc1-c1ccc(C[C@@H](C)NC(=O)OCC2c3ccccc3-c3ccccc32)cn1.Cc1ccccc1-c1ccc(C[C@H](NC(=O)OCC2c3ccccc3-c3ccccc32)C(=O)O)cn1.Cl. The number of hydrogen-bond acceptors (Lipinski definition) is 14. The molecule has 724 valence electrons. The number of fused-ring (bicyclic) bond motifs is 6. The summed E-state index contributed by atoms with van der Waals surface area (Å²) in [5.74, 6) is -1.16. The normalized spacial score (nSPS) is 11.2. The summed E-state index contributed by atoms with van der Waals surface area (Å²) in [7, 11) is 0. The molecule has 0 fully saturated rings. The number of ether oxygens (including phenoxy) is 2. The summed E-state index contributed by atoms with van der Waals surface area (Å²) < 4.78 is 14.2. The van der Waals surface area contributed by atoms with Crippen LogP contribution in [0.4, 0.5) is 9.59 Å². The van der Waals surface area contributed by atoms with E-state index in [9.17, 15) is 24.3 Å². The maximum atomic E-state index is 12.6. The summed E-state index contributed by atoms with van der Waals surface area (Å²) in [6.07, 6.45) is 12.8. The van der Waals surface area contributed by atoms with Gasteiger partial charge in [-0.3, -0.25) is 34.7 Å². The Labute approximate surface area is 888 Å². The fourth-order valence-corrected chi connectivity index (χ4v) is 17.0. The molecule has 2 aliphatic rings. The van der Waals surface area contributed by atoms with Crippen LogP contribution < -0.4 is 10.6 Å². The number of benzene rings is 10. The average molecular weight is 2280 g/mol. The Kier molecular flexibility index (Phi) is 45.4. The molecule has 4 N–H and O–H groups in total. The van der Waals surface area contributed by atoms with Gasteiger partial charge in [-0.2, -0.15) is 0 Å². The molecule has 0 unspecified atom stereocenters. The van der Waals surface area contributed by atoms with Crippen molar-refractivity contribution >= 4 is 124 Å². The van der Waals surface area contributed by atoms with Gasteiger partial charge in [0.15, 0.2) is 6.29 Å². The second-order valence-electron chi connectivity index (χ2n) is 32.8. The largest absolute Gasteiger partial charge is 0.480 e. The molecule has 10 aromatic carbocycles. The third-order valence-corrected chi connectivity index (χ3v) is 25.4. The van der Waals surface area contributed by atoms with Crippen LogP contribution >= 0.6 is 99.8 Å². The highest BCUT2D eigenvalue weighted by atomic mass is 127. The number of aliphatic hydroxyl groups excluding tert-OH is 1. The summed E-state index contributed by atoms with van der Waals surface area (Å²) in [6, 6.07) is 108. The molecule has 23 heteroatoms. The van der Waals surface area contributed by atoms with Crippen LogP contribution in [0.5, 0.6) is 0 Å². The number of carbonyl (C=O) groups excluding carboxylic acids is 3. The lowest BCUT2D eigenvalue weighted by Crippen LogP contribution is -2.42. The van der Waals surface area contributed by atoms with E-state index in [1.54, 1.807) is 30.9 Å². The number of carbonyl (C=O) groups is 4. The molecule has 2 amide bonds. The number of carboxylic acids is 1. The van der Waals surface area contributed by atoms with Crippen molar-refractivity contribution in [1.82, 2.24) is 45.5 Å². The van der Waals surface area contributed by atoms with Gasteiger partial charge in [0.25, 0.3) is 0 Å². The number of aryl methyl sites for hydroxylation is 6. The first kappa shape index (κ1) is 112. The van der Waals surface area contributed by atoms with Gasteiger partial charge in [-0.05, 0) is 270 Å². The molecule has 2 atom stereocenters. The fraction of sp³-hybridized carbons (Fsp3) is 0.151. The highest BCUT2D eigenvalue weighted by molar-refractivity contribution is 14.1. The number of aliphatic carboxylic acids is 1. The molecule has 2 aliphatic carbocycles. The second kappa shape index (κ2) is 57.5. The standard InChI is InChI=1S/C30H26N2O4.C30H28N2O2.C13H12BrN.C13H13NO.C13H11NO.C12H10BrN.C5H3BrIN.C2H4.CH4.BrH.ClH/c1-19-8-2-3-9-21(19)27-15-14-20(17-31-27)16-28(29(33)34)32-30(35)36-18-26-24-12-6-4-10-22(24)23-11-5-7-13-25(23)26;1-20-9-3-4-10-23(20)29-16-15-22(18-31-29)17-21(2)32-30(33)34-19-28-26-13-7-5-11-24(26)25-12-6-8-14-27(25)28;1-10-4-2-3-5-12(10)13-7-6-11(8-14)9-15-13;2*1-10-4-2-3-5-12(10)13-7-6-11(9-15)8-14-13;1-9-4-2-3-5-11(9)12-7-6-10(13)8-14-12;6-4-1-2-5(7)8-3-4;1-2;;;/h2-15,17,26,28H,16,18H2,1H3,(H,32,35)(H,33,34);3-16,18,21,28H,17,19H2,1-2H3,(H,32,33);2-7,9H,8H2,1H3;2-8,15H,9H2,1H3;2-9H,1H3;2-8H,1H3;1-3H;1-2H2;1H4;2*1H/t28-;21-;;;;;;;;;/m01........./s1. The molecule has 142 heavy (non-hydrogen) atoms. The third kappa shape index (κ3) is 31.8. The van der Waals surface area contributed by atoms with Gasteiger partial charge in [0, 0.05) is 121 Å². The monoisotopic (exact) mass is 2270 g/mol. The molecule has 0 saturated carbocycles. The number of pyridine rings is 7. The van der Waals surface area contributed by atoms with Gasteiger partial charge in [-0.25, -0.2) is 19.4 Å². The lowest BCUT2D eigenvalue weighted by Gasteiger charge is -2.17. The molecule has 17 nitrogen and oxygen atoms in total. The van der Waals surface area contributed by atoms with Crippen LogP contribution in [-0.2, 0) is 39.0 Å². The first-order chi connectivity index (χ1) is 67.6. The first-order valence-corrected chi connectivity index (χ1v) is 49.0. The number of amides is 2. The van der Waals surface area contributed by atoms with Gasteiger partial charge >= 0.3 is 18.2 Å². The molecule has 7 aromatic heterocycles. The summed E-state index contributed by atoms with van der Waals surface area (Å²) in [6.45, 7) is 20.9. The van der Waals surface area contributed by atoms with Gasteiger partial charge < -0.3 is 30.3 Å². The quantitative estimate of drug-likeness (QED) is 0.0182. The zero-order chi connectivity index (χ0) is 98.5. The third-order valence-electron chi connectivity index (χ3n) is 23.1. The molecule has 17 aromatic rings. The second-order valence-corrected chi connectivity index (χ2v) is 36.3. The molecule has 7 heterocycles. The molecule has 0 aliphatic heterocycles. The number of carboxylic acid groups (broad SMARTS) is 1. The van der Waals surface area contributed by atoms with Crippen molar-refractivity contribution in [2.45, 2.75) is 105 Å². The molecule has 0 radical (unpaired) electrons. The van der Waals surface area contributed by atoms with Crippen molar-refractivity contribution in [3.05, 3.63) is 480 Å². The Bertz CT molecular complexity index is 6720. The van der Waals surface area contributed by atoms with Crippen LogP contribution in [-0.4, -0.2) is 94.8 Å². The van der Waals surface area contributed by atoms with Crippen LogP contribution in [0.3, 0.4) is 0 Å². The lowest BCUT2D eigenvalue weighted by atomic mass is 9.98. The van der Waals surface area contributed by atoms with Gasteiger partial charge in [-0.1, -0.05) is 290 Å². The smallest absolute Gasteiger partial charge is 0.407 e. The van der Waals surface area contributed by atoms with E-state index in [1.165, 1.54) is 66.8 Å². The Morgan fingerprint density at radius 3 is 0.915 bits per heavy atom. The molecule has 19 rings (SSSR count). The number of alkyl halides is 1. The summed E-state index contributed by atoms with van der Waals surface area (Å²) in [5, 5.41) is 24.9. The van der Waals surface area contributed by atoms with E-state index >= 15 is 0 Å². The van der Waals surface area contributed by atoms with Crippen LogP contribution in [0.1, 0.15) is 114 Å². The predicted molar refractivity (Wildman–Crippen MR) is 603 cm³/mol. The Balaban J connectivity index is 0.000000194. The molecule has 0 spiro atoms. The summed E-state index contributed by atoms with van der Waals surface area (Å²) >= 11 is 12.2. The number of nitrogens with one attached hydrogen (secondary N) is 2. The fourth-order valence-electron chi connectivity index (χ4n) is 15.9. The number of aromatic nitrogens is 7. The minimum atomic E-state index is -1.13. The number of alkyl carbamates (subject to hydrolysis) is 2. The number of aldehydes is 1. The number of hydrogen-bond donors (Lipinski definition) is 4.